The van der Waals surface area contributed by atoms with Crippen molar-refractivity contribution in [1.82, 2.24) is 0 Å². The average Bonchev–Trinajstić information content (AvgIpc) is 3.53. The van der Waals surface area contributed by atoms with E-state index in [4.69, 9.17) is 9.47 Å². The standard InChI is InChI=1S/2C17H15O.C2H6Si.2ClH.Zr/c2*1-12-10-14-4-3-5-16(17(14)11-12)13-6-8-15(18-2)9-7-13;1-3-2;;;/h2*3-11H,1-2H3;1-2H3;2*1H;/q2*-1;;;;+2/p-2. The van der Waals surface area contributed by atoms with Crippen LogP contribution in [0.1, 0.15) is 11.1 Å². The van der Waals surface area contributed by atoms with E-state index >= 15 is 0 Å². The molecular formula is C36H36Cl2O2SiZr-2. The summed E-state index contributed by atoms with van der Waals surface area (Å²) in [5.41, 5.74) is 7.85. The Morgan fingerprint density at radius 2 is 0.905 bits per heavy atom. The van der Waals surface area contributed by atoms with E-state index in [-0.39, 0.29) is 30.2 Å². The van der Waals surface area contributed by atoms with Crippen molar-refractivity contribution in [2.75, 3.05) is 14.2 Å². The van der Waals surface area contributed by atoms with Crippen LogP contribution in [0, 0.1) is 13.8 Å². The smallest absolute Gasteiger partial charge is 1.00 e. The predicted molar refractivity (Wildman–Crippen MR) is 170 cm³/mol. The molecule has 6 heteroatoms. The third kappa shape index (κ3) is 9.19. The number of halogens is 2. The Bertz CT molecular complexity index is 1590. The Kier molecular flexibility index (Phi) is 14.3. The van der Waals surface area contributed by atoms with Gasteiger partial charge in [0, 0.05) is 0 Å². The zero-order chi connectivity index (χ0) is 28.6. The first-order valence-electron chi connectivity index (χ1n) is 13.4. The predicted octanol–water partition coefficient (Wildman–Crippen LogP) is 3.88. The average molecular weight is 691 g/mol. The molecule has 6 aromatic carbocycles. The van der Waals surface area contributed by atoms with Crippen LogP contribution in [0.15, 0.2) is 109 Å². The number of aryl methyl sites for hydroxylation is 2. The summed E-state index contributed by atoms with van der Waals surface area (Å²) < 4.78 is 10.4. The topological polar surface area (TPSA) is 18.5 Å². The van der Waals surface area contributed by atoms with Crippen LogP contribution in [-0.2, 0) is 23.3 Å². The first kappa shape index (κ1) is 35.6. The van der Waals surface area contributed by atoms with Crippen LogP contribution < -0.4 is 34.3 Å². The molecule has 0 radical (unpaired) electrons. The second-order valence-corrected chi connectivity index (χ2v) is 19.5. The van der Waals surface area contributed by atoms with Gasteiger partial charge in [0.05, 0.1) is 14.2 Å². The van der Waals surface area contributed by atoms with Crippen molar-refractivity contribution in [2.45, 2.75) is 26.9 Å². The molecule has 0 bridgehead atoms. The van der Waals surface area contributed by atoms with Crippen LogP contribution in [0.3, 0.4) is 0 Å². The molecule has 0 aliphatic rings. The van der Waals surface area contributed by atoms with E-state index in [1.165, 1.54) is 54.9 Å². The molecule has 0 atom stereocenters. The Morgan fingerprint density at radius 3 is 1.21 bits per heavy atom. The van der Waals surface area contributed by atoms with Crippen LogP contribution in [0.25, 0.3) is 43.8 Å². The number of rotatable bonds is 4. The number of hydrogen-bond acceptors (Lipinski definition) is 2. The van der Waals surface area contributed by atoms with E-state index in [0.29, 0.717) is 0 Å². The molecule has 6 rings (SSSR count). The third-order valence-electron chi connectivity index (χ3n) is 6.59. The molecular weight excluding hydrogens is 655 g/mol. The van der Waals surface area contributed by atoms with Gasteiger partial charge in [-0.3, -0.25) is 0 Å². The molecule has 42 heavy (non-hydrogen) atoms. The van der Waals surface area contributed by atoms with E-state index in [9.17, 15) is 0 Å². The molecule has 0 aromatic heterocycles. The van der Waals surface area contributed by atoms with Gasteiger partial charge in [-0.15, -0.1) is 69.1 Å². The van der Waals surface area contributed by atoms with Crippen molar-refractivity contribution < 1.29 is 57.6 Å². The molecule has 0 fully saturated rings. The monoisotopic (exact) mass is 688 g/mol. The number of ether oxygens (including phenoxy) is 2. The minimum Gasteiger partial charge on any atom is -1.00 e. The van der Waals surface area contributed by atoms with Crippen molar-refractivity contribution in [3.63, 3.8) is 0 Å². The number of fused-ring (bicyclic) bond motifs is 2. The van der Waals surface area contributed by atoms with E-state index < -0.39 is 0 Å². The van der Waals surface area contributed by atoms with Crippen LogP contribution in [-0.4, -0.2) is 19.7 Å². The number of methoxy groups -OCH3 is 2. The van der Waals surface area contributed by atoms with Gasteiger partial charge in [0.25, 0.3) is 0 Å². The van der Waals surface area contributed by atoms with Crippen LogP contribution in [0.4, 0.5) is 0 Å². The van der Waals surface area contributed by atoms with Crippen molar-refractivity contribution in [3.8, 4) is 33.8 Å². The summed E-state index contributed by atoms with van der Waals surface area (Å²) in [6.07, 6.45) is 0. The van der Waals surface area contributed by atoms with E-state index in [0.717, 1.165) is 11.5 Å². The fraction of sp³-hybridized carbons (Fsp3) is 0.167. The second kappa shape index (κ2) is 16.9. The molecule has 0 unspecified atom stereocenters. The molecule has 0 amide bonds. The van der Waals surface area contributed by atoms with Crippen molar-refractivity contribution >= 4 is 27.0 Å². The van der Waals surface area contributed by atoms with Crippen LogP contribution >= 0.6 is 0 Å². The van der Waals surface area contributed by atoms with Crippen molar-refractivity contribution in [2.24, 2.45) is 0 Å². The summed E-state index contributed by atoms with van der Waals surface area (Å²) in [6.45, 7) is 8.89. The summed E-state index contributed by atoms with van der Waals surface area (Å²) >= 11 is 1.74. The van der Waals surface area contributed by atoms with Gasteiger partial charge in [0.15, 0.2) is 0 Å². The molecule has 6 aromatic rings. The van der Waals surface area contributed by atoms with E-state index in [1.807, 2.05) is 24.3 Å². The molecule has 0 saturated carbocycles. The summed E-state index contributed by atoms with van der Waals surface area (Å²) in [4.78, 5) is 0. The molecule has 2 nitrogen and oxygen atoms in total. The Labute approximate surface area is 278 Å². The van der Waals surface area contributed by atoms with Crippen molar-refractivity contribution in [1.29, 1.82) is 0 Å². The summed E-state index contributed by atoms with van der Waals surface area (Å²) in [6, 6.07) is 38.3. The summed E-state index contributed by atoms with van der Waals surface area (Å²) in [7, 11) is 3.38. The quantitative estimate of drug-likeness (QED) is 0.207. The fourth-order valence-electron chi connectivity index (χ4n) is 4.81. The summed E-state index contributed by atoms with van der Waals surface area (Å²) in [5, 5.41) is 5.25. The minimum atomic E-state index is 0. The molecule has 0 spiro atoms. The number of benzene rings is 4. The Morgan fingerprint density at radius 1 is 0.571 bits per heavy atom. The van der Waals surface area contributed by atoms with E-state index in [1.54, 1.807) is 37.6 Å². The van der Waals surface area contributed by atoms with Gasteiger partial charge in [-0.1, -0.05) is 61.4 Å². The maximum atomic E-state index is 5.20. The van der Waals surface area contributed by atoms with Gasteiger partial charge < -0.3 is 34.3 Å². The second-order valence-electron chi connectivity index (χ2n) is 10.1. The van der Waals surface area contributed by atoms with Gasteiger partial charge in [0.2, 0.25) is 0 Å². The largest absolute Gasteiger partial charge is 1.00 e. The normalized spacial score (nSPS) is 9.90. The van der Waals surface area contributed by atoms with Crippen molar-refractivity contribution in [3.05, 3.63) is 120 Å². The molecule has 216 valence electrons. The maximum absolute atomic E-state index is 5.20. The zero-order valence-electron chi connectivity index (χ0n) is 25.0. The van der Waals surface area contributed by atoms with Gasteiger partial charge in [0.1, 0.15) is 11.5 Å². The minimum absolute atomic E-state index is 0. The zero-order valence-corrected chi connectivity index (χ0v) is 29.9. The molecule has 0 aliphatic heterocycles. The molecule has 0 N–H and O–H groups in total. The first-order chi connectivity index (χ1) is 19.3. The third-order valence-corrected chi connectivity index (χ3v) is 6.59. The molecule has 0 aliphatic carbocycles. The van der Waals surface area contributed by atoms with Gasteiger partial charge in [-0.05, 0) is 35.4 Å². The van der Waals surface area contributed by atoms with Gasteiger partial charge >= 0.3 is 41.9 Å². The fourth-order valence-corrected chi connectivity index (χ4v) is 4.81. The Hall–Kier alpha value is -2.62. The van der Waals surface area contributed by atoms with Gasteiger partial charge in [-0.25, -0.2) is 0 Å². The van der Waals surface area contributed by atoms with Crippen LogP contribution in [0.2, 0.25) is 13.1 Å². The first-order valence-corrected chi connectivity index (χ1v) is 19.6. The molecule has 0 saturated heterocycles. The van der Waals surface area contributed by atoms with Crippen LogP contribution in [0.5, 0.6) is 11.5 Å². The Balaban J connectivity index is 0.000000250. The summed E-state index contributed by atoms with van der Waals surface area (Å²) in [5.74, 6) is 1.79. The van der Waals surface area contributed by atoms with E-state index in [2.05, 4.69) is 112 Å². The molecule has 0 heterocycles. The number of hydrogen-bond donors (Lipinski definition) is 0. The maximum Gasteiger partial charge on any atom is -1.00 e. The SMILES string of the molecule is COc1ccc(-c2cccc3[cH-]c(C)cc23)cc1.COc1ccc(-c2cccc3[cH-]c(C)cc23)cc1.C[Si](C)=[Zr+2].[Cl-].[Cl-]. The van der Waals surface area contributed by atoms with Gasteiger partial charge in [-0.2, -0.15) is 12.1 Å².